The van der Waals surface area contributed by atoms with Crippen LogP contribution in [-0.2, 0) is 33.4 Å². The van der Waals surface area contributed by atoms with Crippen LogP contribution in [-0.4, -0.2) is 60.4 Å². The fourth-order valence-corrected chi connectivity index (χ4v) is 2.66. The first kappa shape index (κ1) is 22.7. The van der Waals surface area contributed by atoms with Gasteiger partial charge in [-0.25, -0.2) is 4.79 Å². The molecule has 1 aliphatic heterocycles. The number of nitrogens with one attached hydrogen (secondary N) is 2. The molecule has 1 aliphatic rings. The van der Waals surface area contributed by atoms with E-state index in [0.29, 0.717) is 12.3 Å². The van der Waals surface area contributed by atoms with Gasteiger partial charge in [-0.3, -0.25) is 19.2 Å². The second kappa shape index (κ2) is 10.7. The maximum Gasteiger partial charge on any atom is 0.331 e. The molecule has 2 amide bonds. The Hall–Kier alpha value is -2.36. The summed E-state index contributed by atoms with van der Waals surface area (Å²) in [7, 11) is 0. The molecule has 27 heavy (non-hydrogen) atoms. The fourth-order valence-electron chi connectivity index (χ4n) is 2.09. The van der Waals surface area contributed by atoms with Gasteiger partial charge in [0.2, 0.25) is 11.0 Å². The molecule has 10 heteroatoms. The summed E-state index contributed by atoms with van der Waals surface area (Å²) >= 11 is 0.942. The number of esters is 2. The standard InChI is InChI=1S/C17H24N2O7S/c1-11(20)25-10-17(2,3)15-16(24)19-7-6-12(21)18-8-9-27-14(23)5-4-13(22)26-15/h4-5,15H,6-10H2,1-3H3,(H,18,21)(H,19,24)/b5-4+/t15-/m0/s1. The Morgan fingerprint density at radius 1 is 1.22 bits per heavy atom. The van der Waals surface area contributed by atoms with Crippen molar-refractivity contribution in [2.24, 2.45) is 5.41 Å². The maximum absolute atomic E-state index is 12.5. The number of carbonyl (C=O) groups is 5. The minimum absolute atomic E-state index is 0.0354. The molecule has 9 nitrogen and oxygen atoms in total. The van der Waals surface area contributed by atoms with E-state index in [2.05, 4.69) is 10.6 Å². The lowest BCUT2D eigenvalue weighted by molar-refractivity contribution is -0.164. The molecule has 0 aromatic heterocycles. The number of amides is 2. The third-order valence-corrected chi connectivity index (χ3v) is 4.33. The van der Waals surface area contributed by atoms with Crippen molar-refractivity contribution in [3.8, 4) is 0 Å². The zero-order chi connectivity index (χ0) is 20.4. The van der Waals surface area contributed by atoms with Crippen molar-refractivity contribution < 1.29 is 33.4 Å². The molecule has 0 aromatic rings. The van der Waals surface area contributed by atoms with Gasteiger partial charge in [0.1, 0.15) is 6.61 Å². The first-order chi connectivity index (χ1) is 12.6. The molecular formula is C17H24N2O7S. The average Bonchev–Trinajstić information content (AvgIpc) is 2.59. The van der Waals surface area contributed by atoms with E-state index >= 15 is 0 Å². The molecule has 1 rings (SSSR count). The zero-order valence-electron chi connectivity index (χ0n) is 15.5. The number of hydrogen-bond donors (Lipinski definition) is 2. The van der Waals surface area contributed by atoms with Gasteiger partial charge in [0.15, 0.2) is 6.10 Å². The molecule has 150 valence electrons. The Labute approximate surface area is 161 Å². The highest BCUT2D eigenvalue weighted by molar-refractivity contribution is 8.14. The maximum atomic E-state index is 12.5. The van der Waals surface area contributed by atoms with E-state index in [9.17, 15) is 24.0 Å². The minimum atomic E-state index is -1.29. The molecule has 1 heterocycles. The molecule has 2 N–H and O–H groups in total. The van der Waals surface area contributed by atoms with Crippen LogP contribution in [0.25, 0.3) is 0 Å². The number of cyclic esters (lactones) is 1. The summed E-state index contributed by atoms with van der Waals surface area (Å²) in [5, 5.41) is 4.79. The summed E-state index contributed by atoms with van der Waals surface area (Å²) in [6, 6.07) is 0. The fraction of sp³-hybridized carbons (Fsp3) is 0.588. The van der Waals surface area contributed by atoms with Gasteiger partial charge in [0.05, 0.1) is 0 Å². The lowest BCUT2D eigenvalue weighted by Crippen LogP contribution is -2.49. The summed E-state index contributed by atoms with van der Waals surface area (Å²) in [5.41, 5.74) is -1.03. The first-order valence-electron chi connectivity index (χ1n) is 8.35. The molecule has 0 radical (unpaired) electrons. The van der Waals surface area contributed by atoms with Gasteiger partial charge >= 0.3 is 11.9 Å². The normalized spacial score (nSPS) is 21.8. The van der Waals surface area contributed by atoms with E-state index in [0.717, 1.165) is 23.9 Å². The van der Waals surface area contributed by atoms with Gasteiger partial charge in [-0.2, -0.15) is 0 Å². The molecule has 0 unspecified atom stereocenters. The van der Waals surface area contributed by atoms with Crippen molar-refractivity contribution in [2.75, 3.05) is 25.4 Å². The number of rotatable bonds is 3. The minimum Gasteiger partial charge on any atom is -0.465 e. The molecule has 0 aromatic carbocycles. The van der Waals surface area contributed by atoms with E-state index in [1.165, 1.54) is 6.92 Å². The quantitative estimate of drug-likeness (QED) is 0.631. The van der Waals surface area contributed by atoms with E-state index in [1.807, 2.05) is 0 Å². The molecule has 0 aliphatic carbocycles. The molecule has 0 fully saturated rings. The number of hydrogen-bond acceptors (Lipinski definition) is 8. The van der Waals surface area contributed by atoms with Gasteiger partial charge in [0, 0.05) is 43.7 Å². The largest absolute Gasteiger partial charge is 0.465 e. The molecule has 1 atom stereocenters. The smallest absolute Gasteiger partial charge is 0.331 e. The van der Waals surface area contributed by atoms with E-state index in [1.54, 1.807) is 13.8 Å². The van der Waals surface area contributed by atoms with Crippen LogP contribution in [0.3, 0.4) is 0 Å². The van der Waals surface area contributed by atoms with Gasteiger partial charge < -0.3 is 20.1 Å². The number of ether oxygens (including phenoxy) is 2. The summed E-state index contributed by atoms with van der Waals surface area (Å²) < 4.78 is 10.2. The van der Waals surface area contributed by atoms with Crippen LogP contribution in [0.5, 0.6) is 0 Å². The van der Waals surface area contributed by atoms with Crippen LogP contribution in [0.15, 0.2) is 12.2 Å². The van der Waals surface area contributed by atoms with Crippen LogP contribution in [0, 0.1) is 5.41 Å². The number of thioether (sulfide) groups is 1. The third-order valence-electron chi connectivity index (χ3n) is 3.50. The first-order valence-corrected chi connectivity index (χ1v) is 9.33. The predicted molar refractivity (Wildman–Crippen MR) is 97.5 cm³/mol. The molecule has 0 saturated carbocycles. The topological polar surface area (TPSA) is 128 Å². The number of carbonyl (C=O) groups excluding carboxylic acids is 5. The van der Waals surface area contributed by atoms with Crippen molar-refractivity contribution in [2.45, 2.75) is 33.3 Å². The van der Waals surface area contributed by atoms with Crippen LogP contribution in [0.1, 0.15) is 27.2 Å². The Balaban J connectivity index is 2.98. The third kappa shape index (κ3) is 8.72. The highest BCUT2D eigenvalue weighted by atomic mass is 32.2. The second-order valence-electron chi connectivity index (χ2n) is 6.48. The van der Waals surface area contributed by atoms with Crippen molar-refractivity contribution in [1.29, 1.82) is 0 Å². The summed E-state index contributed by atoms with van der Waals surface area (Å²) in [6.45, 7) is 4.60. The van der Waals surface area contributed by atoms with E-state index in [-0.39, 0.29) is 30.6 Å². The second-order valence-corrected chi connectivity index (χ2v) is 7.58. The Morgan fingerprint density at radius 2 is 1.93 bits per heavy atom. The SMILES string of the molecule is CC(=O)OCC(C)(C)[C@H]1OC(=O)/C=C/C(=O)SCCNC(=O)CCNC1=O. The Morgan fingerprint density at radius 3 is 2.59 bits per heavy atom. The lowest BCUT2D eigenvalue weighted by Gasteiger charge is -2.31. The van der Waals surface area contributed by atoms with Crippen molar-refractivity contribution >= 4 is 40.6 Å². The van der Waals surface area contributed by atoms with Gasteiger partial charge in [-0.05, 0) is 6.08 Å². The van der Waals surface area contributed by atoms with Gasteiger partial charge in [0.25, 0.3) is 5.91 Å². The van der Waals surface area contributed by atoms with Crippen LogP contribution >= 0.6 is 11.8 Å². The highest BCUT2D eigenvalue weighted by Gasteiger charge is 2.39. The predicted octanol–water partition coefficient (Wildman–Crippen LogP) is -0.0604. The van der Waals surface area contributed by atoms with Crippen molar-refractivity contribution in [1.82, 2.24) is 10.6 Å². The summed E-state index contributed by atoms with van der Waals surface area (Å²) in [5.74, 6) is -1.96. The Kier molecular flexibility index (Phi) is 8.99. The van der Waals surface area contributed by atoms with Gasteiger partial charge in [-0.15, -0.1) is 0 Å². The highest BCUT2D eigenvalue weighted by Crippen LogP contribution is 2.25. The summed E-state index contributed by atoms with van der Waals surface area (Å²) in [6.07, 6.45) is 0.733. The monoisotopic (exact) mass is 400 g/mol. The summed E-state index contributed by atoms with van der Waals surface area (Å²) in [4.78, 5) is 59.0. The van der Waals surface area contributed by atoms with Gasteiger partial charge in [-0.1, -0.05) is 25.6 Å². The van der Waals surface area contributed by atoms with Crippen LogP contribution in [0.2, 0.25) is 0 Å². The Bertz CT molecular complexity index is 631. The molecular weight excluding hydrogens is 376 g/mol. The van der Waals surface area contributed by atoms with E-state index in [4.69, 9.17) is 9.47 Å². The molecule has 0 spiro atoms. The molecule has 0 bridgehead atoms. The lowest BCUT2D eigenvalue weighted by atomic mass is 9.86. The van der Waals surface area contributed by atoms with Crippen molar-refractivity contribution in [3.63, 3.8) is 0 Å². The molecule has 0 saturated heterocycles. The van der Waals surface area contributed by atoms with Crippen LogP contribution < -0.4 is 10.6 Å². The zero-order valence-corrected chi connectivity index (χ0v) is 16.4. The van der Waals surface area contributed by atoms with E-state index < -0.39 is 29.4 Å². The average molecular weight is 400 g/mol. The van der Waals surface area contributed by atoms with Crippen LogP contribution in [0.4, 0.5) is 0 Å². The van der Waals surface area contributed by atoms with Crippen molar-refractivity contribution in [3.05, 3.63) is 12.2 Å².